The fourth-order valence-corrected chi connectivity index (χ4v) is 1.18. The van der Waals surface area contributed by atoms with Crippen LogP contribution in [-0.4, -0.2) is 24.7 Å². The van der Waals surface area contributed by atoms with E-state index in [0.29, 0.717) is 5.95 Å². The van der Waals surface area contributed by atoms with Crippen LogP contribution in [0.4, 0.5) is 11.6 Å². The predicted molar refractivity (Wildman–Crippen MR) is 55.7 cm³/mol. The Balaban J connectivity index is 2.16. The molecule has 2 heterocycles. The standard InChI is InChI=1S/C9H12N6/c1-3-8-10-6-11-9(14-8)13-7-4-12-15(2)5-7/h4-6H,3H2,1-2H3,(H,10,11,13,14). The molecule has 6 nitrogen and oxygen atoms in total. The average Bonchev–Trinajstić information content (AvgIpc) is 2.64. The van der Waals surface area contributed by atoms with Crippen molar-refractivity contribution in [1.82, 2.24) is 24.7 Å². The van der Waals surface area contributed by atoms with Crippen molar-refractivity contribution in [3.63, 3.8) is 0 Å². The lowest BCUT2D eigenvalue weighted by atomic mass is 10.4. The van der Waals surface area contributed by atoms with E-state index in [1.165, 1.54) is 6.33 Å². The Hall–Kier alpha value is -1.98. The minimum atomic E-state index is 0.551. The Bertz CT molecular complexity index is 449. The first kappa shape index (κ1) is 9.57. The van der Waals surface area contributed by atoms with Gasteiger partial charge >= 0.3 is 0 Å². The lowest BCUT2D eigenvalue weighted by Gasteiger charge is -2.01. The van der Waals surface area contributed by atoms with Gasteiger partial charge in [0.2, 0.25) is 5.95 Å². The second-order valence-corrected chi connectivity index (χ2v) is 3.11. The van der Waals surface area contributed by atoms with Gasteiger partial charge in [-0.3, -0.25) is 4.68 Å². The van der Waals surface area contributed by atoms with E-state index >= 15 is 0 Å². The van der Waals surface area contributed by atoms with E-state index in [-0.39, 0.29) is 0 Å². The smallest absolute Gasteiger partial charge is 0.230 e. The SMILES string of the molecule is CCc1ncnc(Nc2cnn(C)c2)n1. The summed E-state index contributed by atoms with van der Waals surface area (Å²) in [5.74, 6) is 1.33. The van der Waals surface area contributed by atoms with Crippen molar-refractivity contribution < 1.29 is 0 Å². The lowest BCUT2D eigenvalue weighted by Crippen LogP contribution is -2.00. The first-order valence-electron chi connectivity index (χ1n) is 4.71. The van der Waals surface area contributed by atoms with Crippen LogP contribution in [0.1, 0.15) is 12.7 Å². The largest absolute Gasteiger partial charge is 0.321 e. The van der Waals surface area contributed by atoms with Crippen LogP contribution in [0.3, 0.4) is 0 Å². The monoisotopic (exact) mass is 204 g/mol. The highest BCUT2D eigenvalue weighted by atomic mass is 15.3. The molecule has 0 radical (unpaired) electrons. The van der Waals surface area contributed by atoms with Gasteiger partial charge < -0.3 is 5.32 Å². The minimum Gasteiger partial charge on any atom is -0.321 e. The summed E-state index contributed by atoms with van der Waals surface area (Å²) in [6, 6.07) is 0. The quantitative estimate of drug-likeness (QED) is 0.804. The summed E-state index contributed by atoms with van der Waals surface area (Å²) in [4.78, 5) is 12.3. The molecule has 0 aliphatic rings. The molecule has 0 aliphatic heterocycles. The van der Waals surface area contributed by atoms with E-state index in [9.17, 15) is 0 Å². The Labute approximate surface area is 87.4 Å². The molecule has 0 amide bonds. The topological polar surface area (TPSA) is 68.5 Å². The summed E-state index contributed by atoms with van der Waals surface area (Å²) in [6.45, 7) is 2.00. The van der Waals surface area contributed by atoms with Gasteiger partial charge in [-0.2, -0.15) is 10.1 Å². The maximum atomic E-state index is 4.23. The second kappa shape index (κ2) is 4.04. The Kier molecular flexibility index (Phi) is 2.57. The molecule has 78 valence electrons. The number of rotatable bonds is 3. The highest BCUT2D eigenvalue weighted by Crippen LogP contribution is 2.09. The molecule has 0 saturated carbocycles. The summed E-state index contributed by atoms with van der Waals surface area (Å²) >= 11 is 0. The first-order valence-corrected chi connectivity index (χ1v) is 4.71. The third-order valence-electron chi connectivity index (χ3n) is 1.90. The molecule has 0 bridgehead atoms. The van der Waals surface area contributed by atoms with Crippen LogP contribution >= 0.6 is 0 Å². The van der Waals surface area contributed by atoms with Gasteiger partial charge in [0.15, 0.2) is 0 Å². The third kappa shape index (κ3) is 2.28. The van der Waals surface area contributed by atoms with Gasteiger partial charge in [0.05, 0.1) is 11.9 Å². The van der Waals surface area contributed by atoms with E-state index in [2.05, 4.69) is 25.4 Å². The van der Waals surface area contributed by atoms with Gasteiger partial charge in [0.25, 0.3) is 0 Å². The highest BCUT2D eigenvalue weighted by molar-refractivity contribution is 5.49. The first-order chi connectivity index (χ1) is 7.28. The number of anilines is 2. The normalized spacial score (nSPS) is 10.3. The molecule has 0 unspecified atom stereocenters. The number of aryl methyl sites for hydroxylation is 2. The fraction of sp³-hybridized carbons (Fsp3) is 0.333. The number of hydrogen-bond acceptors (Lipinski definition) is 5. The van der Waals surface area contributed by atoms with Gasteiger partial charge in [-0.25, -0.2) is 9.97 Å². The zero-order valence-electron chi connectivity index (χ0n) is 8.68. The lowest BCUT2D eigenvalue weighted by molar-refractivity contribution is 0.768. The molecular formula is C9H12N6. The fourth-order valence-electron chi connectivity index (χ4n) is 1.18. The summed E-state index contributed by atoms with van der Waals surface area (Å²) in [5, 5.41) is 7.09. The molecule has 2 aromatic rings. The number of hydrogen-bond donors (Lipinski definition) is 1. The minimum absolute atomic E-state index is 0.551. The van der Waals surface area contributed by atoms with E-state index in [4.69, 9.17) is 0 Å². The summed E-state index contributed by atoms with van der Waals surface area (Å²) in [5.41, 5.74) is 0.866. The Morgan fingerprint density at radius 2 is 2.27 bits per heavy atom. The number of nitrogens with zero attached hydrogens (tertiary/aromatic N) is 5. The second-order valence-electron chi connectivity index (χ2n) is 3.11. The van der Waals surface area contributed by atoms with Crippen LogP contribution in [0.25, 0.3) is 0 Å². The van der Waals surface area contributed by atoms with Gasteiger partial charge in [-0.15, -0.1) is 0 Å². The molecule has 2 aromatic heterocycles. The maximum absolute atomic E-state index is 4.23. The Morgan fingerprint density at radius 1 is 1.40 bits per heavy atom. The van der Waals surface area contributed by atoms with Gasteiger partial charge in [0, 0.05) is 19.7 Å². The van der Waals surface area contributed by atoms with Crippen molar-refractivity contribution in [1.29, 1.82) is 0 Å². The van der Waals surface area contributed by atoms with E-state index < -0.39 is 0 Å². The average molecular weight is 204 g/mol. The van der Waals surface area contributed by atoms with Crippen molar-refractivity contribution in [2.24, 2.45) is 7.05 Å². The molecule has 0 aliphatic carbocycles. The van der Waals surface area contributed by atoms with Gasteiger partial charge in [-0.1, -0.05) is 6.92 Å². The number of aromatic nitrogens is 5. The third-order valence-corrected chi connectivity index (χ3v) is 1.90. The molecule has 6 heteroatoms. The van der Waals surface area contributed by atoms with Crippen LogP contribution in [-0.2, 0) is 13.5 Å². The molecule has 1 N–H and O–H groups in total. The van der Waals surface area contributed by atoms with E-state index in [1.807, 2.05) is 20.2 Å². The molecule has 0 spiro atoms. The van der Waals surface area contributed by atoms with E-state index in [1.54, 1.807) is 10.9 Å². The van der Waals surface area contributed by atoms with Gasteiger partial charge in [0.1, 0.15) is 12.2 Å². The van der Waals surface area contributed by atoms with Crippen molar-refractivity contribution in [2.75, 3.05) is 5.32 Å². The predicted octanol–water partition coefficient (Wildman–Crippen LogP) is 0.911. The molecule has 0 saturated heterocycles. The zero-order valence-corrected chi connectivity index (χ0v) is 8.68. The summed E-state index contributed by atoms with van der Waals surface area (Å²) in [7, 11) is 1.86. The van der Waals surface area contributed by atoms with Crippen LogP contribution in [0, 0.1) is 0 Å². The molecular weight excluding hydrogens is 192 g/mol. The van der Waals surface area contributed by atoms with Crippen LogP contribution < -0.4 is 5.32 Å². The molecule has 15 heavy (non-hydrogen) atoms. The van der Waals surface area contributed by atoms with Gasteiger partial charge in [-0.05, 0) is 0 Å². The molecule has 2 rings (SSSR count). The maximum Gasteiger partial charge on any atom is 0.230 e. The van der Waals surface area contributed by atoms with E-state index in [0.717, 1.165) is 17.9 Å². The van der Waals surface area contributed by atoms with Crippen molar-refractivity contribution in [2.45, 2.75) is 13.3 Å². The number of nitrogens with one attached hydrogen (secondary N) is 1. The summed E-state index contributed by atoms with van der Waals surface area (Å²) in [6.07, 6.45) is 5.87. The van der Waals surface area contributed by atoms with Crippen molar-refractivity contribution >= 4 is 11.6 Å². The van der Waals surface area contributed by atoms with Crippen molar-refractivity contribution in [3.05, 3.63) is 24.5 Å². The molecule has 0 aromatic carbocycles. The van der Waals surface area contributed by atoms with Crippen molar-refractivity contribution in [3.8, 4) is 0 Å². The summed E-state index contributed by atoms with van der Waals surface area (Å²) < 4.78 is 1.71. The molecule has 0 fully saturated rings. The highest BCUT2D eigenvalue weighted by Gasteiger charge is 2.00. The van der Waals surface area contributed by atoms with Crippen LogP contribution in [0.5, 0.6) is 0 Å². The van der Waals surface area contributed by atoms with Crippen LogP contribution in [0.2, 0.25) is 0 Å². The molecule has 0 atom stereocenters. The Morgan fingerprint density at radius 3 is 2.93 bits per heavy atom. The zero-order chi connectivity index (χ0) is 10.7. The van der Waals surface area contributed by atoms with Crippen LogP contribution in [0.15, 0.2) is 18.7 Å².